The fourth-order valence-corrected chi connectivity index (χ4v) is 4.13. The highest BCUT2D eigenvalue weighted by Gasteiger charge is 2.17. The van der Waals surface area contributed by atoms with Crippen molar-refractivity contribution in [3.05, 3.63) is 76.8 Å². The van der Waals surface area contributed by atoms with Crippen LogP contribution < -0.4 is 15.0 Å². The summed E-state index contributed by atoms with van der Waals surface area (Å²) in [6.07, 6.45) is 1.43. The number of carbonyl (C=O) groups excluding carboxylic acids is 1. The van der Waals surface area contributed by atoms with Crippen LogP contribution in [-0.4, -0.2) is 22.1 Å². The second-order valence-electron chi connectivity index (χ2n) is 6.36. The maximum Gasteiger partial charge on any atom is 0.262 e. The molecule has 28 heavy (non-hydrogen) atoms. The third-order valence-corrected chi connectivity index (χ3v) is 5.68. The smallest absolute Gasteiger partial charge is 0.262 e. The first kappa shape index (κ1) is 16.7. The number of benzene rings is 2. The molecule has 0 saturated heterocycles. The number of nitrogens with zero attached hydrogens (tertiary/aromatic N) is 2. The highest BCUT2D eigenvalue weighted by molar-refractivity contribution is 7.21. The van der Waals surface area contributed by atoms with E-state index in [0.29, 0.717) is 27.3 Å². The van der Waals surface area contributed by atoms with E-state index >= 15 is 0 Å². The van der Waals surface area contributed by atoms with Crippen molar-refractivity contribution >= 4 is 27.3 Å². The fraction of sp³-hybridized carbons (Fsp3) is 0.0952. The van der Waals surface area contributed by atoms with E-state index in [1.54, 1.807) is 18.2 Å². The van der Waals surface area contributed by atoms with Gasteiger partial charge in [-0.3, -0.25) is 14.2 Å². The van der Waals surface area contributed by atoms with Crippen molar-refractivity contribution in [3.63, 3.8) is 0 Å². The Hall–Kier alpha value is -3.45. The summed E-state index contributed by atoms with van der Waals surface area (Å²) >= 11 is 1.46. The first-order valence-corrected chi connectivity index (χ1v) is 9.48. The lowest BCUT2D eigenvalue weighted by Gasteiger charge is -2.05. The largest absolute Gasteiger partial charge is 0.454 e. The van der Waals surface area contributed by atoms with Gasteiger partial charge in [0.15, 0.2) is 17.3 Å². The minimum Gasteiger partial charge on any atom is -0.454 e. The standard InChI is InChI=1S/C21H14N2O4S/c24-16(14-6-7-17-18(8-14)27-12-26-17)10-23-11-22-20-15(21(23)25)9-19(28-20)13-4-2-1-3-5-13/h1-9,11H,10,12H2. The molecule has 4 aromatic rings. The molecule has 1 aliphatic rings. The molecule has 138 valence electrons. The van der Waals surface area contributed by atoms with Crippen molar-refractivity contribution in [2.75, 3.05) is 6.79 Å². The maximum atomic E-state index is 12.9. The number of carbonyl (C=O) groups is 1. The summed E-state index contributed by atoms with van der Waals surface area (Å²) in [6.45, 7) is 0.0624. The van der Waals surface area contributed by atoms with Gasteiger partial charge in [-0.2, -0.15) is 0 Å². The number of hydrogen-bond acceptors (Lipinski definition) is 6. The van der Waals surface area contributed by atoms with Crippen molar-refractivity contribution in [1.29, 1.82) is 0 Å². The Morgan fingerprint density at radius 1 is 1.07 bits per heavy atom. The Bertz CT molecular complexity index is 1260. The van der Waals surface area contributed by atoms with Gasteiger partial charge >= 0.3 is 0 Å². The van der Waals surface area contributed by atoms with Gasteiger partial charge in [-0.25, -0.2) is 4.98 Å². The van der Waals surface area contributed by atoms with Gasteiger partial charge < -0.3 is 9.47 Å². The molecule has 7 heteroatoms. The van der Waals surface area contributed by atoms with E-state index in [9.17, 15) is 9.59 Å². The van der Waals surface area contributed by atoms with Gasteiger partial charge in [-0.1, -0.05) is 30.3 Å². The Morgan fingerprint density at radius 2 is 1.89 bits per heavy atom. The number of ether oxygens (including phenoxy) is 2. The molecule has 1 aliphatic heterocycles. The molecule has 5 rings (SSSR count). The topological polar surface area (TPSA) is 70.4 Å². The third kappa shape index (κ3) is 2.86. The predicted molar refractivity (Wildman–Crippen MR) is 106 cm³/mol. The zero-order valence-electron chi connectivity index (χ0n) is 14.6. The molecule has 0 fully saturated rings. The predicted octanol–water partition coefficient (Wildman–Crippen LogP) is 3.74. The molecule has 6 nitrogen and oxygen atoms in total. The van der Waals surface area contributed by atoms with Gasteiger partial charge in [0.1, 0.15) is 4.83 Å². The molecule has 0 bridgehead atoms. The molecule has 2 aromatic carbocycles. The summed E-state index contributed by atoms with van der Waals surface area (Å²) in [7, 11) is 0. The highest BCUT2D eigenvalue weighted by Crippen LogP contribution is 2.33. The van der Waals surface area contributed by atoms with Crippen LogP contribution in [-0.2, 0) is 6.54 Å². The highest BCUT2D eigenvalue weighted by atomic mass is 32.1. The van der Waals surface area contributed by atoms with Crippen molar-refractivity contribution in [1.82, 2.24) is 9.55 Å². The van der Waals surface area contributed by atoms with Crippen molar-refractivity contribution in [2.45, 2.75) is 6.54 Å². The Balaban J connectivity index is 1.47. The fourth-order valence-electron chi connectivity index (χ4n) is 3.13. The molecule has 0 N–H and O–H groups in total. The Morgan fingerprint density at radius 3 is 2.75 bits per heavy atom. The maximum absolute atomic E-state index is 12.9. The molecular weight excluding hydrogens is 376 g/mol. The van der Waals surface area contributed by atoms with E-state index in [2.05, 4.69) is 4.98 Å². The van der Waals surface area contributed by atoms with Gasteiger partial charge in [-0.05, 0) is 29.8 Å². The Kier molecular flexibility index (Phi) is 3.95. The zero-order valence-corrected chi connectivity index (χ0v) is 15.4. The number of aromatic nitrogens is 2. The first-order valence-electron chi connectivity index (χ1n) is 8.66. The molecular formula is C21H14N2O4S. The quantitative estimate of drug-likeness (QED) is 0.497. The van der Waals surface area contributed by atoms with Crippen LogP contribution in [0.5, 0.6) is 11.5 Å². The number of ketones is 1. The minimum atomic E-state index is -0.225. The summed E-state index contributed by atoms with van der Waals surface area (Å²) in [4.78, 5) is 31.5. The molecule has 0 unspecified atom stereocenters. The summed E-state index contributed by atoms with van der Waals surface area (Å²) in [5, 5.41) is 0.518. The lowest BCUT2D eigenvalue weighted by atomic mass is 10.1. The molecule has 2 aromatic heterocycles. The molecule has 3 heterocycles. The third-order valence-electron chi connectivity index (χ3n) is 4.58. The summed E-state index contributed by atoms with van der Waals surface area (Å²) in [5.74, 6) is 0.959. The molecule has 0 amide bonds. The average Bonchev–Trinajstić information content (AvgIpc) is 3.37. The zero-order chi connectivity index (χ0) is 19.1. The van der Waals surface area contributed by atoms with E-state index in [4.69, 9.17) is 9.47 Å². The van der Waals surface area contributed by atoms with E-state index in [0.717, 1.165) is 10.4 Å². The second kappa shape index (κ2) is 6.61. The van der Waals surface area contributed by atoms with Gasteiger partial charge in [0.25, 0.3) is 5.56 Å². The lowest BCUT2D eigenvalue weighted by Crippen LogP contribution is -2.24. The van der Waals surface area contributed by atoms with Crippen LogP contribution in [0.15, 0.2) is 65.7 Å². The van der Waals surface area contributed by atoms with Crippen LogP contribution in [0.2, 0.25) is 0 Å². The van der Waals surface area contributed by atoms with Crippen LogP contribution in [0.1, 0.15) is 10.4 Å². The van der Waals surface area contributed by atoms with Crippen LogP contribution >= 0.6 is 11.3 Å². The summed E-state index contributed by atoms with van der Waals surface area (Å²) in [5.41, 5.74) is 1.27. The molecule has 0 radical (unpaired) electrons. The second-order valence-corrected chi connectivity index (χ2v) is 7.39. The van der Waals surface area contributed by atoms with Crippen molar-refractivity contribution in [3.8, 4) is 21.9 Å². The van der Waals surface area contributed by atoms with E-state index < -0.39 is 0 Å². The molecule has 0 saturated carbocycles. The number of fused-ring (bicyclic) bond motifs is 2. The van der Waals surface area contributed by atoms with Gasteiger partial charge in [0.2, 0.25) is 6.79 Å². The van der Waals surface area contributed by atoms with Crippen molar-refractivity contribution < 1.29 is 14.3 Å². The van der Waals surface area contributed by atoms with E-state index in [-0.39, 0.29) is 24.7 Å². The van der Waals surface area contributed by atoms with Gasteiger partial charge in [0.05, 0.1) is 18.3 Å². The molecule has 0 spiro atoms. The lowest BCUT2D eigenvalue weighted by molar-refractivity contribution is 0.0970. The summed E-state index contributed by atoms with van der Waals surface area (Å²) in [6, 6.07) is 16.7. The normalized spacial score (nSPS) is 12.4. The molecule has 0 aliphatic carbocycles. The van der Waals surface area contributed by atoms with Crippen LogP contribution in [0.4, 0.5) is 0 Å². The van der Waals surface area contributed by atoms with Crippen molar-refractivity contribution in [2.24, 2.45) is 0 Å². The molecule has 0 atom stereocenters. The SMILES string of the molecule is O=C(Cn1cnc2sc(-c3ccccc3)cc2c1=O)c1ccc2c(c1)OCO2. The van der Waals surface area contributed by atoms with Crippen LogP contribution in [0.25, 0.3) is 20.7 Å². The minimum absolute atomic E-state index is 0.0854. The monoisotopic (exact) mass is 390 g/mol. The van der Waals surface area contributed by atoms with E-state index in [1.807, 2.05) is 36.4 Å². The van der Waals surface area contributed by atoms with Gasteiger partial charge in [0, 0.05) is 10.4 Å². The van der Waals surface area contributed by atoms with Crippen LogP contribution in [0, 0.1) is 0 Å². The van der Waals surface area contributed by atoms with Crippen LogP contribution in [0.3, 0.4) is 0 Å². The number of rotatable bonds is 4. The number of thiophene rings is 1. The Labute approximate surface area is 163 Å². The number of hydrogen-bond donors (Lipinski definition) is 0. The van der Waals surface area contributed by atoms with Gasteiger partial charge in [-0.15, -0.1) is 11.3 Å². The average molecular weight is 390 g/mol. The summed E-state index contributed by atoms with van der Waals surface area (Å²) < 4.78 is 11.9. The van der Waals surface area contributed by atoms with E-state index in [1.165, 1.54) is 22.2 Å². The first-order chi connectivity index (χ1) is 13.7. The number of Topliss-reactive ketones (excluding diaryl/α,β-unsaturated/α-hetero) is 1.